The third-order valence-corrected chi connectivity index (χ3v) is 3.02. The van der Waals surface area contributed by atoms with Gasteiger partial charge < -0.3 is 18.9 Å². The Morgan fingerprint density at radius 1 is 1.14 bits per heavy atom. The van der Waals surface area contributed by atoms with Gasteiger partial charge in [-0.2, -0.15) is 0 Å². The Kier molecular flexibility index (Phi) is 5.76. The summed E-state index contributed by atoms with van der Waals surface area (Å²) in [4.78, 5) is 36.6. The van der Waals surface area contributed by atoms with Gasteiger partial charge in [-0.1, -0.05) is 0 Å². The van der Waals surface area contributed by atoms with E-state index in [4.69, 9.17) is 18.9 Å². The maximum atomic E-state index is 12.4. The van der Waals surface area contributed by atoms with Gasteiger partial charge in [0.05, 0.1) is 7.11 Å². The van der Waals surface area contributed by atoms with E-state index < -0.39 is 42.0 Å². The molecule has 0 spiro atoms. The number of amides is 1. The van der Waals surface area contributed by atoms with Crippen molar-refractivity contribution in [2.24, 2.45) is 0 Å². The summed E-state index contributed by atoms with van der Waals surface area (Å²) in [5.41, 5.74) is -0.741. The van der Waals surface area contributed by atoms with E-state index in [2.05, 4.69) is 0 Å². The average Bonchev–Trinajstić information content (AvgIpc) is 2.73. The normalized spacial score (nSPS) is 24.8. The van der Waals surface area contributed by atoms with E-state index in [-0.39, 0.29) is 6.42 Å². The van der Waals surface area contributed by atoms with E-state index in [0.29, 0.717) is 0 Å². The van der Waals surface area contributed by atoms with E-state index >= 15 is 0 Å². The van der Waals surface area contributed by atoms with Crippen molar-refractivity contribution in [3.05, 3.63) is 0 Å². The highest BCUT2D eigenvalue weighted by molar-refractivity contribution is 5.82. The van der Waals surface area contributed by atoms with E-state index in [1.54, 1.807) is 20.8 Å². The molecule has 0 aromatic heterocycles. The molecule has 1 unspecified atom stereocenters. The maximum Gasteiger partial charge on any atom is 0.413 e. The average molecular weight is 317 g/mol. The lowest BCUT2D eigenvalue weighted by Crippen LogP contribution is -2.49. The van der Waals surface area contributed by atoms with Crippen molar-refractivity contribution < 1.29 is 33.3 Å². The topological polar surface area (TPSA) is 91.4 Å². The minimum absolute atomic E-state index is 0.0873. The number of carbonyl (C=O) groups is 3. The van der Waals surface area contributed by atoms with Crippen LogP contribution in [0.15, 0.2) is 0 Å². The quantitative estimate of drug-likeness (QED) is 0.568. The second-order valence-electron chi connectivity index (χ2n) is 5.94. The van der Waals surface area contributed by atoms with Crippen molar-refractivity contribution in [3.8, 4) is 0 Å². The lowest BCUT2D eigenvalue weighted by atomic mass is 10.2. The summed E-state index contributed by atoms with van der Waals surface area (Å²) in [5, 5.41) is 0. The van der Waals surface area contributed by atoms with Gasteiger partial charge >= 0.3 is 18.0 Å². The Balaban J connectivity index is 3.06. The fraction of sp³-hybridized carbons (Fsp3) is 0.786. The molecule has 0 saturated carbocycles. The number of methoxy groups -OCH3 is 2. The van der Waals surface area contributed by atoms with Crippen LogP contribution in [0, 0.1) is 0 Å². The largest absolute Gasteiger partial charge is 0.467 e. The van der Waals surface area contributed by atoms with E-state index in [9.17, 15) is 14.4 Å². The number of nitrogens with zero attached hydrogens (tertiary/aromatic N) is 1. The molecule has 1 rings (SSSR count). The minimum Gasteiger partial charge on any atom is -0.467 e. The first-order valence-corrected chi connectivity index (χ1v) is 6.90. The zero-order valence-electron chi connectivity index (χ0n) is 13.7. The molecule has 1 amide bonds. The predicted molar refractivity (Wildman–Crippen MR) is 74.8 cm³/mol. The van der Waals surface area contributed by atoms with Crippen LogP contribution in [0.2, 0.25) is 0 Å². The van der Waals surface area contributed by atoms with Crippen LogP contribution in [-0.4, -0.2) is 61.1 Å². The molecule has 0 aliphatic carbocycles. The number of hydrogen-bond donors (Lipinski definition) is 0. The van der Waals surface area contributed by atoms with Gasteiger partial charge in [0.15, 0.2) is 6.23 Å². The molecule has 3 atom stereocenters. The third-order valence-electron chi connectivity index (χ3n) is 3.02. The zero-order valence-corrected chi connectivity index (χ0v) is 13.7. The van der Waals surface area contributed by atoms with Gasteiger partial charge in [0.1, 0.15) is 17.7 Å². The van der Waals surface area contributed by atoms with Crippen LogP contribution in [0.3, 0.4) is 0 Å². The van der Waals surface area contributed by atoms with Crippen molar-refractivity contribution in [2.45, 2.75) is 58.1 Å². The number of rotatable bonds is 3. The van der Waals surface area contributed by atoms with E-state index in [1.165, 1.54) is 21.1 Å². The zero-order chi connectivity index (χ0) is 17.1. The van der Waals surface area contributed by atoms with Gasteiger partial charge in [-0.3, -0.25) is 9.69 Å². The van der Waals surface area contributed by atoms with Crippen molar-refractivity contribution in [2.75, 3.05) is 14.2 Å². The smallest absolute Gasteiger partial charge is 0.413 e. The third kappa shape index (κ3) is 4.33. The Morgan fingerprint density at radius 2 is 1.73 bits per heavy atom. The monoisotopic (exact) mass is 317 g/mol. The molecule has 1 saturated heterocycles. The Hall–Kier alpha value is -1.83. The van der Waals surface area contributed by atoms with Crippen molar-refractivity contribution in [1.82, 2.24) is 4.90 Å². The van der Waals surface area contributed by atoms with Crippen molar-refractivity contribution >= 4 is 18.0 Å². The summed E-state index contributed by atoms with van der Waals surface area (Å²) < 4.78 is 20.4. The lowest BCUT2D eigenvalue weighted by molar-refractivity contribution is -0.157. The van der Waals surface area contributed by atoms with Gasteiger partial charge in [-0.05, 0) is 20.8 Å². The van der Waals surface area contributed by atoms with Crippen LogP contribution in [-0.2, 0) is 28.5 Å². The van der Waals surface area contributed by atoms with Crippen LogP contribution in [0.5, 0.6) is 0 Å². The molecular formula is C14H23NO7. The first-order valence-electron chi connectivity index (χ1n) is 6.90. The molecule has 1 aliphatic rings. The van der Waals surface area contributed by atoms with Gasteiger partial charge in [-0.15, -0.1) is 0 Å². The molecule has 22 heavy (non-hydrogen) atoms. The highest BCUT2D eigenvalue weighted by Crippen LogP contribution is 2.30. The first kappa shape index (κ1) is 18.2. The van der Waals surface area contributed by atoms with Gasteiger partial charge in [0, 0.05) is 20.5 Å². The molecule has 0 aromatic carbocycles. The summed E-state index contributed by atoms with van der Waals surface area (Å²) in [6, 6.07) is -0.936. The maximum absolute atomic E-state index is 12.4. The Labute approximate surface area is 129 Å². The fourth-order valence-corrected chi connectivity index (χ4v) is 2.28. The highest BCUT2D eigenvalue weighted by Gasteiger charge is 2.51. The summed E-state index contributed by atoms with van der Waals surface area (Å²) in [5.74, 6) is -1.15. The molecule has 8 heteroatoms. The number of esters is 2. The van der Waals surface area contributed by atoms with Crippen molar-refractivity contribution in [1.29, 1.82) is 0 Å². The summed E-state index contributed by atoms with van der Waals surface area (Å²) in [7, 11) is 2.58. The second kappa shape index (κ2) is 6.95. The molecule has 1 fully saturated rings. The standard InChI is InChI=1S/C14H23NO7/c1-8(16)21-10-7-9(12(17)20-6)15(11(10)19-5)13(18)22-14(2,3)4/h9-11H,7H2,1-6H3/t9-,10+,11?/m0/s1. The summed E-state index contributed by atoms with van der Waals surface area (Å²) in [6.07, 6.45) is -2.32. The van der Waals surface area contributed by atoms with Crippen LogP contribution < -0.4 is 0 Å². The predicted octanol–water partition coefficient (Wildman–Crippen LogP) is 1.07. The number of ether oxygens (including phenoxy) is 4. The van der Waals surface area contributed by atoms with E-state index in [0.717, 1.165) is 4.90 Å². The SMILES string of the molecule is COC(=O)[C@@H]1C[C@@H](OC(C)=O)C(OC)N1C(=O)OC(C)(C)C. The van der Waals surface area contributed by atoms with Crippen LogP contribution in [0.4, 0.5) is 4.79 Å². The lowest BCUT2D eigenvalue weighted by Gasteiger charge is -2.31. The van der Waals surface area contributed by atoms with Gasteiger partial charge in [0.25, 0.3) is 0 Å². The molecule has 126 valence electrons. The number of likely N-dealkylation sites (tertiary alicyclic amines) is 1. The Morgan fingerprint density at radius 3 is 2.14 bits per heavy atom. The summed E-state index contributed by atoms with van der Waals surface area (Å²) >= 11 is 0. The first-order chi connectivity index (χ1) is 10.1. The van der Waals surface area contributed by atoms with Crippen molar-refractivity contribution in [3.63, 3.8) is 0 Å². The van der Waals surface area contributed by atoms with Crippen LogP contribution in [0.25, 0.3) is 0 Å². The molecule has 8 nitrogen and oxygen atoms in total. The van der Waals surface area contributed by atoms with Gasteiger partial charge in [-0.25, -0.2) is 9.59 Å². The minimum atomic E-state index is -0.936. The number of hydrogen-bond acceptors (Lipinski definition) is 7. The van der Waals surface area contributed by atoms with Crippen LogP contribution >= 0.6 is 0 Å². The molecule has 1 heterocycles. The Bertz CT molecular complexity index is 443. The number of carbonyl (C=O) groups excluding carboxylic acids is 3. The molecule has 0 aromatic rings. The van der Waals surface area contributed by atoms with E-state index in [1.807, 2.05) is 0 Å². The molecule has 0 N–H and O–H groups in total. The second-order valence-corrected chi connectivity index (χ2v) is 5.94. The summed E-state index contributed by atoms with van der Waals surface area (Å²) in [6.45, 7) is 6.37. The molecule has 0 radical (unpaired) electrons. The molecular weight excluding hydrogens is 294 g/mol. The fourth-order valence-electron chi connectivity index (χ4n) is 2.28. The highest BCUT2D eigenvalue weighted by atomic mass is 16.6. The molecule has 0 bridgehead atoms. The van der Waals surface area contributed by atoms with Crippen LogP contribution in [0.1, 0.15) is 34.1 Å². The molecule has 1 aliphatic heterocycles. The van der Waals surface area contributed by atoms with Gasteiger partial charge in [0.2, 0.25) is 0 Å².